The molecule has 136 valence electrons. The van der Waals surface area contributed by atoms with Crippen LogP contribution in [0.1, 0.15) is 41.1 Å². The van der Waals surface area contributed by atoms with Crippen LogP contribution in [0.2, 0.25) is 0 Å². The van der Waals surface area contributed by atoms with Crippen molar-refractivity contribution < 1.29 is 19.1 Å². The maximum Gasteiger partial charge on any atom is 0.337 e. The third kappa shape index (κ3) is 4.22. The number of nitrogens with zero attached hydrogens (tertiary/aromatic N) is 1. The second-order valence-corrected chi connectivity index (χ2v) is 6.25. The third-order valence-electron chi connectivity index (χ3n) is 4.32. The van der Waals surface area contributed by atoms with Gasteiger partial charge in [-0.3, -0.25) is 9.59 Å². The highest BCUT2D eigenvalue weighted by atomic mass is 35.5. The number of alkyl halides is 1. The van der Waals surface area contributed by atoms with Crippen LogP contribution < -0.4 is 11.1 Å². The largest absolute Gasteiger partial charge is 0.465 e. The molecule has 1 aliphatic rings. The quantitative estimate of drug-likeness (QED) is 0.563. The molecule has 1 aliphatic heterocycles. The molecule has 2 atom stereocenters. The Kier molecular flexibility index (Phi) is 6.25. The van der Waals surface area contributed by atoms with E-state index < -0.39 is 17.3 Å². The zero-order chi connectivity index (χ0) is 18.6. The van der Waals surface area contributed by atoms with Gasteiger partial charge in [0, 0.05) is 36.8 Å². The molecule has 2 unspecified atom stereocenters. The van der Waals surface area contributed by atoms with Crippen LogP contribution in [0.3, 0.4) is 0 Å². The first-order valence-electron chi connectivity index (χ1n) is 8.08. The number of carbonyl (C=O) groups is 3. The van der Waals surface area contributed by atoms with Crippen molar-refractivity contribution in [3.63, 3.8) is 0 Å². The van der Waals surface area contributed by atoms with Crippen molar-refractivity contribution in [1.82, 2.24) is 4.90 Å². The number of hydrogen-bond acceptors (Lipinski definition) is 5. The summed E-state index contributed by atoms with van der Waals surface area (Å²) >= 11 is 6.09. The summed E-state index contributed by atoms with van der Waals surface area (Å²) < 4.78 is 4.72. The fourth-order valence-electron chi connectivity index (χ4n) is 3.00. The monoisotopic (exact) mass is 367 g/mol. The molecule has 0 spiro atoms. The number of hydrogen-bond donors (Lipinski definition) is 2. The lowest BCUT2D eigenvalue weighted by Crippen LogP contribution is -2.37. The number of benzene rings is 1. The summed E-state index contributed by atoms with van der Waals surface area (Å²) in [6.07, 6.45) is 1.28. The summed E-state index contributed by atoms with van der Waals surface area (Å²) in [4.78, 5) is 36.8. The van der Waals surface area contributed by atoms with Gasteiger partial charge in [-0.1, -0.05) is 6.07 Å². The van der Waals surface area contributed by atoms with Crippen LogP contribution in [0.5, 0.6) is 0 Å². The second-order valence-electron chi connectivity index (χ2n) is 5.81. The highest BCUT2D eigenvalue weighted by Gasteiger charge is 2.29. The molecule has 1 aromatic rings. The van der Waals surface area contributed by atoms with Gasteiger partial charge < -0.3 is 20.7 Å². The molecule has 1 saturated heterocycles. The van der Waals surface area contributed by atoms with Crippen LogP contribution in [-0.2, 0) is 14.3 Å². The molecule has 8 heteroatoms. The van der Waals surface area contributed by atoms with Crippen LogP contribution >= 0.6 is 11.6 Å². The first-order chi connectivity index (χ1) is 11.9. The molecule has 0 saturated carbocycles. The Morgan fingerprint density at radius 3 is 2.80 bits per heavy atom. The van der Waals surface area contributed by atoms with E-state index in [2.05, 4.69) is 5.32 Å². The van der Waals surface area contributed by atoms with Gasteiger partial charge in [0.2, 0.25) is 11.8 Å². The van der Waals surface area contributed by atoms with Gasteiger partial charge in [0.1, 0.15) is 5.38 Å². The van der Waals surface area contributed by atoms with Gasteiger partial charge in [0.25, 0.3) is 0 Å². The molecule has 7 nitrogen and oxygen atoms in total. The van der Waals surface area contributed by atoms with Gasteiger partial charge in [0.05, 0.1) is 12.7 Å². The fourth-order valence-corrected chi connectivity index (χ4v) is 3.19. The number of amides is 2. The summed E-state index contributed by atoms with van der Waals surface area (Å²) in [6, 6.07) is 4.73. The molecule has 0 bridgehead atoms. The molecule has 0 aromatic heterocycles. The Bertz CT molecular complexity index is 680. The Morgan fingerprint density at radius 2 is 2.20 bits per heavy atom. The maximum atomic E-state index is 11.8. The van der Waals surface area contributed by atoms with Crippen molar-refractivity contribution in [2.45, 2.75) is 31.2 Å². The number of nitrogens with one attached hydrogen (secondary N) is 1. The van der Waals surface area contributed by atoms with Crippen molar-refractivity contribution in [3.05, 3.63) is 29.3 Å². The minimum Gasteiger partial charge on any atom is -0.465 e. The van der Waals surface area contributed by atoms with Crippen molar-refractivity contribution in [3.8, 4) is 0 Å². The summed E-state index contributed by atoms with van der Waals surface area (Å²) in [7, 11) is 1.29. The number of primary amides is 1. The minimum atomic E-state index is -1.03. The number of anilines is 1. The van der Waals surface area contributed by atoms with Crippen molar-refractivity contribution in [2.75, 3.05) is 25.5 Å². The van der Waals surface area contributed by atoms with E-state index in [0.29, 0.717) is 36.3 Å². The van der Waals surface area contributed by atoms with Crippen molar-refractivity contribution in [2.24, 2.45) is 5.73 Å². The Labute approximate surface area is 151 Å². The van der Waals surface area contributed by atoms with E-state index in [0.717, 1.165) is 6.42 Å². The zero-order valence-corrected chi connectivity index (χ0v) is 15.0. The first-order valence-corrected chi connectivity index (χ1v) is 8.51. The number of esters is 1. The average Bonchev–Trinajstić information content (AvgIpc) is 2.97. The fraction of sp³-hybridized carbons (Fsp3) is 0.471. The Morgan fingerprint density at radius 1 is 1.48 bits per heavy atom. The average molecular weight is 368 g/mol. The molecular weight excluding hydrogens is 346 g/mol. The van der Waals surface area contributed by atoms with Gasteiger partial charge in [-0.2, -0.15) is 0 Å². The summed E-state index contributed by atoms with van der Waals surface area (Å²) in [6.45, 7) is 3.06. The third-order valence-corrected chi connectivity index (χ3v) is 4.77. The number of nitrogens with two attached hydrogens (primary N) is 1. The highest BCUT2D eigenvalue weighted by Crippen LogP contribution is 2.30. The first kappa shape index (κ1) is 19.1. The standard InChI is InChI=1S/C17H22ClN3O4/c1-3-21-11(5-7-14(21)22)9-20-13-8-10(17(24)25-2)4-6-12(13)15(18)16(19)23/h4,6,8,11,15,20H,3,5,7,9H2,1-2H3,(H2,19,23). The van der Waals surface area contributed by atoms with Crippen molar-refractivity contribution in [1.29, 1.82) is 0 Å². The van der Waals surface area contributed by atoms with E-state index in [9.17, 15) is 14.4 Å². The number of rotatable bonds is 7. The molecule has 0 radical (unpaired) electrons. The van der Waals surface area contributed by atoms with Crippen LogP contribution in [-0.4, -0.2) is 48.9 Å². The normalized spacial score (nSPS) is 18.1. The number of carbonyl (C=O) groups excluding carboxylic acids is 3. The molecule has 25 heavy (non-hydrogen) atoms. The van der Waals surface area contributed by atoms with Gasteiger partial charge in [-0.05, 0) is 25.5 Å². The maximum absolute atomic E-state index is 11.8. The van der Waals surface area contributed by atoms with Gasteiger partial charge in [-0.25, -0.2) is 4.79 Å². The molecule has 2 amide bonds. The lowest BCUT2D eigenvalue weighted by molar-refractivity contribution is -0.128. The van der Waals surface area contributed by atoms with Crippen molar-refractivity contribution >= 4 is 35.1 Å². The second kappa shape index (κ2) is 8.20. The lowest BCUT2D eigenvalue weighted by Gasteiger charge is -2.25. The molecule has 1 aromatic carbocycles. The van der Waals surface area contributed by atoms with E-state index >= 15 is 0 Å². The number of likely N-dealkylation sites (tertiary alicyclic amines) is 1. The zero-order valence-electron chi connectivity index (χ0n) is 14.3. The molecule has 1 heterocycles. The Hall–Kier alpha value is -2.28. The van der Waals surface area contributed by atoms with Gasteiger partial charge >= 0.3 is 5.97 Å². The topological polar surface area (TPSA) is 102 Å². The van der Waals surface area contributed by atoms with E-state index in [1.165, 1.54) is 13.2 Å². The predicted molar refractivity (Wildman–Crippen MR) is 94.5 cm³/mol. The van der Waals surface area contributed by atoms with E-state index in [1.54, 1.807) is 12.1 Å². The Balaban J connectivity index is 2.25. The summed E-state index contributed by atoms with van der Waals surface area (Å²) in [5.41, 5.74) is 6.63. The summed E-state index contributed by atoms with van der Waals surface area (Å²) in [5.74, 6) is -1.04. The van der Waals surface area contributed by atoms with Crippen LogP contribution in [0.25, 0.3) is 0 Å². The van der Waals surface area contributed by atoms with Gasteiger partial charge in [-0.15, -0.1) is 11.6 Å². The van der Waals surface area contributed by atoms with Crippen LogP contribution in [0.15, 0.2) is 18.2 Å². The van der Waals surface area contributed by atoms with Crippen LogP contribution in [0.4, 0.5) is 5.69 Å². The SMILES string of the molecule is CCN1C(=O)CCC1CNc1cc(C(=O)OC)ccc1C(Cl)C(N)=O. The number of halogens is 1. The van der Waals surface area contributed by atoms with Gasteiger partial charge in [0.15, 0.2) is 0 Å². The van der Waals surface area contributed by atoms with E-state index in [4.69, 9.17) is 22.1 Å². The molecule has 1 fully saturated rings. The van der Waals surface area contributed by atoms with E-state index in [1.807, 2.05) is 11.8 Å². The molecular formula is C17H22ClN3O4. The molecule has 0 aliphatic carbocycles. The molecule has 3 N–H and O–H groups in total. The predicted octanol–water partition coefficient (Wildman–Crippen LogP) is 1.66. The van der Waals surface area contributed by atoms with Crippen LogP contribution in [0, 0.1) is 0 Å². The number of likely N-dealkylation sites (N-methyl/N-ethyl adjacent to an activating group) is 1. The highest BCUT2D eigenvalue weighted by molar-refractivity contribution is 6.31. The minimum absolute atomic E-state index is 0.0505. The van der Waals surface area contributed by atoms with E-state index in [-0.39, 0.29) is 11.9 Å². The summed E-state index contributed by atoms with van der Waals surface area (Å²) in [5, 5.41) is 2.18. The molecule has 2 rings (SSSR count). The number of methoxy groups -OCH3 is 1. The smallest absolute Gasteiger partial charge is 0.337 e. The number of ether oxygens (including phenoxy) is 1. The lowest BCUT2D eigenvalue weighted by atomic mass is 10.0.